The third-order valence-electron chi connectivity index (χ3n) is 8.87. The van der Waals surface area contributed by atoms with Crippen LogP contribution in [-0.2, 0) is 22.5 Å². The van der Waals surface area contributed by atoms with Gasteiger partial charge in [-0.15, -0.1) is 0 Å². The molecule has 13 nitrogen and oxygen atoms in total. The number of ether oxygens (including phenoxy) is 2. The van der Waals surface area contributed by atoms with Crippen molar-refractivity contribution in [2.24, 2.45) is 11.7 Å². The third kappa shape index (κ3) is 7.10. The maximum atomic E-state index is 13.2. The Hall–Kier alpha value is -4.38. The number of hydrogen-bond donors (Lipinski definition) is 2. The van der Waals surface area contributed by atoms with E-state index < -0.39 is 36.9 Å². The van der Waals surface area contributed by atoms with Crippen LogP contribution in [0.25, 0.3) is 22.2 Å². The molecule has 5 heterocycles. The number of methoxy groups -OCH3 is 1. The summed E-state index contributed by atoms with van der Waals surface area (Å²) in [4.78, 5) is 42.5. The zero-order valence-electron chi connectivity index (χ0n) is 27.5. The molecular weight excluding hydrogens is 681 g/mol. The van der Waals surface area contributed by atoms with Crippen molar-refractivity contribution in [3.8, 4) is 16.9 Å². The van der Waals surface area contributed by atoms with Crippen LogP contribution in [0.3, 0.4) is 0 Å². The van der Waals surface area contributed by atoms with E-state index in [1.807, 2.05) is 13.8 Å². The number of aliphatic hydroxyl groups excluding tert-OH is 1. The summed E-state index contributed by atoms with van der Waals surface area (Å²) in [7, 11) is 1.47. The highest BCUT2D eigenvalue weighted by molar-refractivity contribution is 6.30. The number of alkyl halides is 3. The van der Waals surface area contributed by atoms with E-state index in [4.69, 9.17) is 31.8 Å². The van der Waals surface area contributed by atoms with Crippen molar-refractivity contribution in [1.82, 2.24) is 29.6 Å². The first-order valence-corrected chi connectivity index (χ1v) is 16.4. The molecule has 0 bridgehead atoms. The average Bonchev–Trinajstić information content (AvgIpc) is 3.48. The number of pyridine rings is 1. The van der Waals surface area contributed by atoms with Gasteiger partial charge in [0.05, 0.1) is 46.9 Å². The van der Waals surface area contributed by atoms with E-state index in [9.17, 15) is 27.9 Å². The fourth-order valence-electron chi connectivity index (χ4n) is 6.54. The first-order valence-electron chi connectivity index (χ1n) is 16.0. The minimum Gasteiger partial charge on any atom is -0.482 e. The average molecular weight is 717 g/mol. The van der Waals surface area contributed by atoms with Gasteiger partial charge < -0.3 is 20.3 Å². The molecule has 3 atom stereocenters. The number of piperidine rings is 1. The van der Waals surface area contributed by atoms with Crippen LogP contribution in [0.1, 0.15) is 48.2 Å². The molecule has 266 valence electrons. The van der Waals surface area contributed by atoms with Crippen LogP contribution < -0.4 is 15.4 Å². The van der Waals surface area contributed by atoms with Crippen LogP contribution in [0.15, 0.2) is 36.8 Å². The molecular formula is C33H36ClF3N8O5. The van der Waals surface area contributed by atoms with Gasteiger partial charge >= 0.3 is 6.18 Å². The summed E-state index contributed by atoms with van der Waals surface area (Å²) >= 11 is 5.93. The van der Waals surface area contributed by atoms with E-state index in [1.165, 1.54) is 29.3 Å². The van der Waals surface area contributed by atoms with Gasteiger partial charge in [-0.25, -0.2) is 19.6 Å². The van der Waals surface area contributed by atoms with Crippen molar-refractivity contribution in [3.63, 3.8) is 0 Å². The summed E-state index contributed by atoms with van der Waals surface area (Å²) in [6.45, 7) is 3.63. The van der Waals surface area contributed by atoms with E-state index in [0.29, 0.717) is 63.0 Å². The summed E-state index contributed by atoms with van der Waals surface area (Å²) in [5.41, 5.74) is 8.72. The summed E-state index contributed by atoms with van der Waals surface area (Å²) in [6.07, 6.45) is -2.52. The molecule has 1 fully saturated rings. The molecule has 0 spiro atoms. The number of amides is 2. The van der Waals surface area contributed by atoms with Gasteiger partial charge in [0.1, 0.15) is 11.6 Å². The van der Waals surface area contributed by atoms with Crippen molar-refractivity contribution < 1.29 is 37.3 Å². The Bertz CT molecular complexity index is 1900. The molecule has 2 aliphatic rings. The number of nitrogens with zero attached hydrogens (tertiary/aromatic N) is 7. The van der Waals surface area contributed by atoms with Crippen molar-refractivity contribution in [3.05, 3.63) is 58.9 Å². The summed E-state index contributed by atoms with van der Waals surface area (Å²) in [5, 5.41) is 15.2. The number of nitrogens with two attached hydrogens (primary N) is 1. The Morgan fingerprint density at radius 1 is 1.22 bits per heavy atom. The van der Waals surface area contributed by atoms with Crippen molar-refractivity contribution >= 4 is 40.1 Å². The van der Waals surface area contributed by atoms with Gasteiger partial charge in [-0.3, -0.25) is 19.4 Å². The second kappa shape index (κ2) is 14.1. The number of rotatable bonds is 10. The lowest BCUT2D eigenvalue weighted by atomic mass is 9.92. The number of carbonyl (C=O) groups is 2. The highest BCUT2D eigenvalue weighted by Gasteiger charge is 2.41. The SMILES string of the molecule is CO[C@@H]1CN(CC(O)C(F)(F)F)CC[C@@H]1n1ncc2c(-c3ccc4c(c3)OCC(=O)N4Cc3ncc(Cl)cn3)c(C(N)=O)c(CC(C)C)nc21. The van der Waals surface area contributed by atoms with Gasteiger partial charge in [-0.1, -0.05) is 31.5 Å². The highest BCUT2D eigenvalue weighted by atomic mass is 35.5. The maximum Gasteiger partial charge on any atom is 0.415 e. The Morgan fingerprint density at radius 3 is 2.62 bits per heavy atom. The minimum absolute atomic E-state index is 0.0811. The molecule has 3 aromatic heterocycles. The summed E-state index contributed by atoms with van der Waals surface area (Å²) in [6, 6.07) is 4.80. The van der Waals surface area contributed by atoms with Crippen LogP contribution in [0.4, 0.5) is 18.9 Å². The molecule has 0 saturated carbocycles. The lowest BCUT2D eigenvalue weighted by Crippen LogP contribution is -2.50. The number of likely N-dealkylation sites (tertiary alicyclic amines) is 1. The number of halogens is 4. The predicted molar refractivity (Wildman–Crippen MR) is 177 cm³/mol. The largest absolute Gasteiger partial charge is 0.482 e. The number of fused-ring (bicyclic) bond motifs is 2. The topological polar surface area (TPSA) is 162 Å². The first kappa shape index (κ1) is 35.4. The van der Waals surface area contributed by atoms with Gasteiger partial charge in [0.25, 0.3) is 11.8 Å². The lowest BCUT2D eigenvalue weighted by Gasteiger charge is -2.38. The van der Waals surface area contributed by atoms with Crippen LogP contribution in [0.5, 0.6) is 5.75 Å². The van der Waals surface area contributed by atoms with Crippen LogP contribution in [0, 0.1) is 5.92 Å². The molecule has 50 heavy (non-hydrogen) atoms. The molecule has 6 rings (SSSR count). The monoisotopic (exact) mass is 716 g/mol. The van der Waals surface area contributed by atoms with E-state index in [2.05, 4.69) is 15.1 Å². The van der Waals surface area contributed by atoms with Crippen molar-refractivity contribution in [1.29, 1.82) is 0 Å². The quantitative estimate of drug-likeness (QED) is 0.246. The molecule has 1 saturated heterocycles. The number of carbonyl (C=O) groups excluding carboxylic acids is 2. The summed E-state index contributed by atoms with van der Waals surface area (Å²) < 4.78 is 52.6. The fourth-order valence-corrected chi connectivity index (χ4v) is 6.64. The predicted octanol–water partition coefficient (Wildman–Crippen LogP) is 3.95. The lowest BCUT2D eigenvalue weighted by molar-refractivity contribution is -0.210. The number of aliphatic hydroxyl groups is 1. The van der Waals surface area contributed by atoms with Gasteiger partial charge in [-0.05, 0) is 36.5 Å². The second-order valence-electron chi connectivity index (χ2n) is 12.8. The Morgan fingerprint density at radius 2 is 1.96 bits per heavy atom. The number of β-amino-alcohol motifs (C(OH)–C–C–N with tert-alkyl or cyclic N) is 1. The number of primary amides is 1. The third-order valence-corrected chi connectivity index (χ3v) is 9.06. The molecule has 1 unspecified atom stereocenters. The number of anilines is 1. The van der Waals surface area contributed by atoms with Gasteiger partial charge in [-0.2, -0.15) is 18.3 Å². The standard InChI is InChI=1S/C33H36ClF3N8O5/c1-17(2)8-21-30(31(38)48)29(18-4-5-22-24(9-18)50-16-28(47)44(22)15-27-39-10-19(34)11-40-27)20-12-41-45(32(20)42-21)23-6-7-43(13-25(23)49-3)14-26(46)33(35,36)37/h4-5,9-12,17,23,25-26,46H,6-8,13-16H2,1-3H3,(H2,38,48)/t23-,25+,26?/m0/s1. The number of aromatic nitrogens is 5. The molecule has 2 aliphatic heterocycles. The number of hydrogen-bond acceptors (Lipinski definition) is 10. The first-order chi connectivity index (χ1) is 23.7. The van der Waals surface area contributed by atoms with E-state index in [0.717, 1.165) is 0 Å². The van der Waals surface area contributed by atoms with E-state index >= 15 is 0 Å². The highest BCUT2D eigenvalue weighted by Crippen LogP contribution is 2.41. The molecule has 1 aromatic carbocycles. The molecule has 0 aliphatic carbocycles. The molecule has 2 amide bonds. The van der Waals surface area contributed by atoms with Gasteiger partial charge in [0.15, 0.2) is 18.4 Å². The van der Waals surface area contributed by atoms with E-state index in [-0.39, 0.29) is 43.6 Å². The Balaban J connectivity index is 1.42. The molecule has 0 radical (unpaired) electrons. The van der Waals surface area contributed by atoms with Crippen molar-refractivity contribution in [2.75, 3.05) is 38.3 Å². The zero-order chi connectivity index (χ0) is 35.9. The number of benzene rings is 1. The molecule has 3 N–H and O–H groups in total. The minimum atomic E-state index is -4.73. The summed E-state index contributed by atoms with van der Waals surface area (Å²) in [5.74, 6) is -0.102. The molecule has 17 heteroatoms. The van der Waals surface area contributed by atoms with Crippen LogP contribution in [0.2, 0.25) is 5.02 Å². The van der Waals surface area contributed by atoms with Crippen LogP contribution in [-0.4, -0.2) is 98.3 Å². The zero-order valence-corrected chi connectivity index (χ0v) is 28.3. The Kier molecular flexibility index (Phi) is 9.99. The van der Waals surface area contributed by atoms with Gasteiger partial charge in [0, 0.05) is 50.1 Å². The maximum absolute atomic E-state index is 13.2. The fraction of sp³-hybridized carbons (Fsp3) is 0.455. The van der Waals surface area contributed by atoms with Crippen LogP contribution >= 0.6 is 11.6 Å². The van der Waals surface area contributed by atoms with E-state index in [1.54, 1.807) is 29.1 Å². The van der Waals surface area contributed by atoms with Crippen molar-refractivity contribution in [2.45, 2.75) is 57.7 Å². The normalized spacial score (nSPS) is 19.1. The Labute approximate surface area is 290 Å². The smallest absolute Gasteiger partial charge is 0.415 e. The van der Waals surface area contributed by atoms with Gasteiger partial charge in [0.2, 0.25) is 0 Å². The second-order valence-corrected chi connectivity index (χ2v) is 13.2. The molecule has 4 aromatic rings.